The minimum absolute atomic E-state index is 0.00402. The van der Waals surface area contributed by atoms with Crippen LogP contribution in [-0.4, -0.2) is 42.1 Å². The number of cyclic esters (lactones) is 1. The minimum atomic E-state index is -0.592. The van der Waals surface area contributed by atoms with Crippen LogP contribution in [0.2, 0.25) is 0 Å². The van der Waals surface area contributed by atoms with Crippen molar-refractivity contribution in [2.45, 2.75) is 44.7 Å². The zero-order valence-corrected chi connectivity index (χ0v) is 20.1. The van der Waals surface area contributed by atoms with E-state index >= 15 is 0 Å². The molecule has 0 spiro atoms. The lowest BCUT2D eigenvalue weighted by molar-refractivity contribution is -0.150. The molecule has 0 aliphatic carbocycles. The number of nitrogens with one attached hydrogen (secondary N) is 2. The van der Waals surface area contributed by atoms with Gasteiger partial charge in [-0.1, -0.05) is 72.8 Å². The van der Waals surface area contributed by atoms with Gasteiger partial charge in [-0.3, -0.25) is 14.4 Å². The Kier molecular flexibility index (Phi) is 10.0. The first kappa shape index (κ1) is 26.2. The van der Waals surface area contributed by atoms with E-state index in [4.69, 9.17) is 4.74 Å². The molecular weight excluding hydrogens is 444 g/mol. The zero-order valence-electron chi connectivity index (χ0n) is 20.1. The van der Waals surface area contributed by atoms with E-state index in [1.807, 2.05) is 72.8 Å². The maximum Gasteiger partial charge on any atom is 0.309 e. The summed E-state index contributed by atoms with van der Waals surface area (Å²) in [6, 6.07) is 18.2. The predicted octanol–water partition coefficient (Wildman–Crippen LogP) is 3.10. The lowest BCUT2D eigenvalue weighted by Gasteiger charge is -2.24. The Morgan fingerprint density at radius 3 is 2.31 bits per heavy atom. The number of allylic oxidation sites excluding steroid dienone is 2. The van der Waals surface area contributed by atoms with E-state index in [1.54, 1.807) is 6.92 Å². The molecule has 1 aliphatic rings. The maximum absolute atomic E-state index is 13.2. The molecule has 0 aromatic heterocycles. The van der Waals surface area contributed by atoms with Gasteiger partial charge in [0.1, 0.15) is 6.61 Å². The van der Waals surface area contributed by atoms with Crippen molar-refractivity contribution in [3.05, 3.63) is 83.9 Å². The molecule has 0 saturated heterocycles. The van der Waals surface area contributed by atoms with Crippen LogP contribution in [0.15, 0.2) is 72.8 Å². The van der Waals surface area contributed by atoms with Gasteiger partial charge in [0.25, 0.3) is 0 Å². The van der Waals surface area contributed by atoms with Gasteiger partial charge in [-0.15, -0.1) is 0 Å². The molecule has 0 fully saturated rings. The van der Waals surface area contributed by atoms with E-state index < -0.39 is 12.0 Å². The van der Waals surface area contributed by atoms with Crippen LogP contribution in [0.4, 0.5) is 0 Å². The Bertz CT molecular complexity index is 993. The van der Waals surface area contributed by atoms with E-state index in [2.05, 4.69) is 10.6 Å². The quantitative estimate of drug-likeness (QED) is 0.419. The predicted molar refractivity (Wildman–Crippen MR) is 133 cm³/mol. The van der Waals surface area contributed by atoms with Crippen LogP contribution < -0.4 is 10.6 Å². The van der Waals surface area contributed by atoms with Crippen LogP contribution in [0.5, 0.6) is 0 Å². The fraction of sp³-hybridized carbons (Fsp3) is 0.393. The highest BCUT2D eigenvalue weighted by molar-refractivity contribution is 5.86. The largest absolute Gasteiger partial charge is 0.463 e. The third-order valence-corrected chi connectivity index (χ3v) is 6.06. The summed E-state index contributed by atoms with van der Waals surface area (Å²) in [4.78, 5) is 38.6. The van der Waals surface area contributed by atoms with Gasteiger partial charge in [-0.25, -0.2) is 0 Å². The van der Waals surface area contributed by atoms with Crippen molar-refractivity contribution in [2.24, 2.45) is 11.8 Å². The number of aliphatic hydroxyl groups excluding tert-OH is 1. The number of ether oxygens (including phenoxy) is 1. The average molecular weight is 479 g/mol. The van der Waals surface area contributed by atoms with Gasteiger partial charge in [0, 0.05) is 12.5 Å². The summed E-state index contributed by atoms with van der Waals surface area (Å²) in [6.07, 6.45) is 5.14. The number of amides is 2. The fourth-order valence-corrected chi connectivity index (χ4v) is 4.05. The van der Waals surface area contributed by atoms with E-state index in [-0.39, 0.29) is 49.4 Å². The smallest absolute Gasteiger partial charge is 0.309 e. The normalized spacial score (nSPS) is 22.2. The first-order valence-electron chi connectivity index (χ1n) is 12.1. The monoisotopic (exact) mass is 478 g/mol. The molecule has 186 valence electrons. The van der Waals surface area contributed by atoms with Gasteiger partial charge in [-0.2, -0.15) is 0 Å². The van der Waals surface area contributed by atoms with E-state index in [0.29, 0.717) is 19.3 Å². The number of hydrogen-bond acceptors (Lipinski definition) is 5. The number of rotatable bonds is 7. The Labute approximate surface area is 206 Å². The van der Waals surface area contributed by atoms with Crippen LogP contribution in [0, 0.1) is 11.8 Å². The summed E-state index contributed by atoms with van der Waals surface area (Å²) in [5, 5.41) is 14.9. The number of carbonyl (C=O) groups excluding carboxylic acids is 3. The van der Waals surface area contributed by atoms with Crippen LogP contribution in [0.1, 0.15) is 43.4 Å². The molecule has 2 amide bonds. The molecule has 7 heteroatoms. The van der Waals surface area contributed by atoms with Crippen LogP contribution in [0.3, 0.4) is 0 Å². The van der Waals surface area contributed by atoms with Crippen molar-refractivity contribution in [2.75, 3.05) is 13.2 Å². The summed E-state index contributed by atoms with van der Waals surface area (Å²) in [7, 11) is 0. The lowest BCUT2D eigenvalue weighted by Crippen LogP contribution is -2.41. The summed E-state index contributed by atoms with van der Waals surface area (Å²) in [5.41, 5.74) is 1.87. The molecule has 0 radical (unpaired) electrons. The minimum Gasteiger partial charge on any atom is -0.463 e. The number of aliphatic hydroxyl groups is 1. The number of benzene rings is 2. The van der Waals surface area contributed by atoms with Crippen LogP contribution >= 0.6 is 0 Å². The summed E-state index contributed by atoms with van der Waals surface area (Å²) in [5.74, 6) is -1.83. The third kappa shape index (κ3) is 8.37. The first-order chi connectivity index (χ1) is 17.0. The fourth-order valence-electron chi connectivity index (χ4n) is 4.05. The molecule has 3 rings (SSSR count). The molecule has 2 aromatic carbocycles. The van der Waals surface area contributed by atoms with Crippen LogP contribution in [0.25, 0.3) is 0 Å². The third-order valence-electron chi connectivity index (χ3n) is 6.06. The Morgan fingerprint density at radius 2 is 1.66 bits per heavy atom. The summed E-state index contributed by atoms with van der Waals surface area (Å²) >= 11 is 0. The van der Waals surface area contributed by atoms with E-state index in [9.17, 15) is 19.5 Å². The summed E-state index contributed by atoms with van der Waals surface area (Å²) in [6.45, 7) is 1.53. The van der Waals surface area contributed by atoms with Gasteiger partial charge in [0.15, 0.2) is 0 Å². The van der Waals surface area contributed by atoms with Gasteiger partial charge >= 0.3 is 5.97 Å². The van der Waals surface area contributed by atoms with E-state index in [0.717, 1.165) is 11.1 Å². The highest BCUT2D eigenvalue weighted by Crippen LogP contribution is 2.21. The average Bonchev–Trinajstić information content (AvgIpc) is 2.87. The van der Waals surface area contributed by atoms with E-state index in [1.165, 1.54) is 0 Å². The molecular formula is C28H34N2O5. The Hall–Kier alpha value is -3.45. The van der Waals surface area contributed by atoms with Gasteiger partial charge in [0.2, 0.25) is 11.8 Å². The van der Waals surface area contributed by atoms with Crippen molar-refractivity contribution in [3.63, 3.8) is 0 Å². The van der Waals surface area contributed by atoms with Crippen molar-refractivity contribution < 1.29 is 24.2 Å². The van der Waals surface area contributed by atoms with Gasteiger partial charge < -0.3 is 20.5 Å². The zero-order chi connectivity index (χ0) is 25.0. The second-order valence-electron chi connectivity index (χ2n) is 8.98. The highest BCUT2D eigenvalue weighted by atomic mass is 16.5. The summed E-state index contributed by atoms with van der Waals surface area (Å²) < 4.78 is 5.70. The van der Waals surface area contributed by atoms with Crippen molar-refractivity contribution in [1.29, 1.82) is 0 Å². The standard InChI is InChI=1S/C28H34N2O5/c1-20(18-31)29-26(32)17-23-14-8-9-15-24(16-21-10-4-2-5-11-21)28(34)35-19-25(30-27(23)33)22-12-6-3-7-13-22/h2-13,20,23-25,31H,14-19H2,1H3,(H,29,32)(H,30,33)/t20-,23-,24-,25+/m1/s1. The first-order valence-corrected chi connectivity index (χ1v) is 12.1. The number of esters is 1. The highest BCUT2D eigenvalue weighted by Gasteiger charge is 2.27. The molecule has 35 heavy (non-hydrogen) atoms. The second kappa shape index (κ2) is 13.4. The Balaban J connectivity index is 1.81. The molecule has 0 saturated carbocycles. The van der Waals surface area contributed by atoms with Gasteiger partial charge in [-0.05, 0) is 37.3 Å². The van der Waals surface area contributed by atoms with Crippen molar-refractivity contribution in [1.82, 2.24) is 10.6 Å². The van der Waals surface area contributed by atoms with Gasteiger partial charge in [0.05, 0.1) is 24.5 Å². The maximum atomic E-state index is 13.2. The second-order valence-corrected chi connectivity index (χ2v) is 8.98. The molecule has 0 bridgehead atoms. The molecule has 1 aliphatic heterocycles. The van der Waals surface area contributed by atoms with Crippen molar-refractivity contribution >= 4 is 17.8 Å². The molecule has 3 N–H and O–H groups in total. The topological polar surface area (TPSA) is 105 Å². The number of hydrogen-bond donors (Lipinski definition) is 3. The molecule has 1 heterocycles. The van der Waals surface area contributed by atoms with Crippen molar-refractivity contribution in [3.8, 4) is 0 Å². The SMILES string of the molecule is C[C@H](CO)NC(=O)C[C@H]1CC=CC[C@H](Cc2ccccc2)C(=O)OC[C@@H](c2ccccc2)NC1=O. The lowest BCUT2D eigenvalue weighted by atomic mass is 9.94. The van der Waals surface area contributed by atoms with Crippen LogP contribution in [-0.2, 0) is 25.5 Å². The molecule has 4 atom stereocenters. The molecule has 7 nitrogen and oxygen atoms in total. The molecule has 0 unspecified atom stereocenters. The number of carbonyl (C=O) groups is 3. The molecule has 2 aromatic rings. The Morgan fingerprint density at radius 1 is 1.03 bits per heavy atom.